The molecule has 19 heavy (non-hydrogen) atoms. The number of nitrogens with one attached hydrogen (secondary N) is 2. The van der Waals surface area contributed by atoms with Crippen LogP contribution in [0.2, 0.25) is 0 Å². The maximum atomic E-state index is 11.5. The summed E-state index contributed by atoms with van der Waals surface area (Å²) >= 11 is 0. The van der Waals surface area contributed by atoms with Gasteiger partial charge in [0.2, 0.25) is 6.79 Å². The number of aliphatic hydroxyl groups excluding tert-OH is 1. The van der Waals surface area contributed by atoms with Gasteiger partial charge in [-0.15, -0.1) is 0 Å². The molecule has 0 radical (unpaired) electrons. The highest BCUT2D eigenvalue weighted by atomic mass is 16.7. The first-order chi connectivity index (χ1) is 9.10. The molecule has 0 aromatic heterocycles. The molecule has 0 saturated carbocycles. The highest BCUT2D eigenvalue weighted by molar-refractivity contribution is 5.92. The molecule has 8 heteroatoms. The Labute approximate surface area is 107 Å². The summed E-state index contributed by atoms with van der Waals surface area (Å²) in [6, 6.07) is 2.67. The van der Waals surface area contributed by atoms with Gasteiger partial charge in [0.1, 0.15) is 0 Å². The maximum Gasteiger partial charge on any atom is 0.328 e. The summed E-state index contributed by atoms with van der Waals surface area (Å²) in [4.78, 5) is 22.2. The third-order valence-corrected chi connectivity index (χ3v) is 2.42. The van der Waals surface area contributed by atoms with Crippen molar-refractivity contribution >= 4 is 17.7 Å². The minimum absolute atomic E-state index is 0.122. The average Bonchev–Trinajstić information content (AvgIpc) is 2.82. The van der Waals surface area contributed by atoms with Crippen LogP contribution in [0.4, 0.5) is 10.5 Å². The van der Waals surface area contributed by atoms with Crippen LogP contribution in [0.5, 0.6) is 11.5 Å². The lowest BCUT2D eigenvalue weighted by molar-refractivity contribution is -0.140. The van der Waals surface area contributed by atoms with Crippen LogP contribution in [0.25, 0.3) is 0 Å². The Balaban J connectivity index is 1.97. The molecule has 0 aliphatic carbocycles. The number of urea groups is 1. The molecule has 1 aromatic rings. The van der Waals surface area contributed by atoms with Gasteiger partial charge in [-0.1, -0.05) is 0 Å². The molecular weight excluding hydrogens is 256 g/mol. The predicted octanol–water partition coefficient (Wildman–Crippen LogP) is -0.0177. The number of aliphatic carboxylic acids is 1. The first-order valence-corrected chi connectivity index (χ1v) is 5.41. The number of carboxylic acid groups (broad SMARTS) is 1. The standard InChI is InChI=1S/C11H12N2O6/c14-4-7(10(15)16)13-11(17)12-6-1-2-8-9(3-6)19-5-18-8/h1-3,7,14H,4-5H2,(H,15,16)(H2,12,13,17)/t7-/m1/s1. The van der Waals surface area contributed by atoms with Gasteiger partial charge in [0, 0.05) is 11.8 Å². The summed E-state index contributed by atoms with van der Waals surface area (Å²) in [5, 5.41) is 22.0. The molecule has 8 nitrogen and oxygen atoms in total. The number of ether oxygens (including phenoxy) is 2. The van der Waals surface area contributed by atoms with E-state index in [1.54, 1.807) is 18.2 Å². The number of amides is 2. The topological polar surface area (TPSA) is 117 Å². The molecule has 102 valence electrons. The van der Waals surface area contributed by atoms with Crippen LogP contribution < -0.4 is 20.1 Å². The molecule has 0 saturated heterocycles. The molecule has 0 unspecified atom stereocenters. The number of aliphatic hydroxyl groups is 1. The molecule has 0 spiro atoms. The van der Waals surface area contributed by atoms with E-state index in [4.69, 9.17) is 19.7 Å². The van der Waals surface area contributed by atoms with E-state index in [1.807, 2.05) is 0 Å². The lowest BCUT2D eigenvalue weighted by Gasteiger charge is -2.12. The summed E-state index contributed by atoms with van der Waals surface area (Å²) in [5.74, 6) is -0.247. The van der Waals surface area contributed by atoms with Crippen LogP contribution >= 0.6 is 0 Å². The SMILES string of the molecule is O=C(Nc1ccc2c(c1)OCO2)N[C@H](CO)C(=O)O. The Bertz CT molecular complexity index is 504. The van der Waals surface area contributed by atoms with Crippen molar-refractivity contribution in [2.45, 2.75) is 6.04 Å². The Kier molecular flexibility index (Phi) is 3.71. The van der Waals surface area contributed by atoms with Crippen molar-refractivity contribution in [3.05, 3.63) is 18.2 Å². The van der Waals surface area contributed by atoms with Crippen LogP contribution in [0.1, 0.15) is 0 Å². The van der Waals surface area contributed by atoms with Gasteiger partial charge >= 0.3 is 12.0 Å². The molecular formula is C11H12N2O6. The molecule has 4 N–H and O–H groups in total. The van der Waals surface area contributed by atoms with E-state index in [0.29, 0.717) is 17.2 Å². The average molecular weight is 268 g/mol. The Morgan fingerprint density at radius 2 is 2.05 bits per heavy atom. The number of hydrogen-bond acceptors (Lipinski definition) is 5. The van der Waals surface area contributed by atoms with E-state index in [2.05, 4.69) is 10.6 Å². The van der Waals surface area contributed by atoms with Crippen LogP contribution in [-0.2, 0) is 4.79 Å². The maximum absolute atomic E-state index is 11.5. The highest BCUT2D eigenvalue weighted by Gasteiger charge is 2.19. The summed E-state index contributed by atoms with van der Waals surface area (Å²) in [6.07, 6.45) is 0. The monoisotopic (exact) mass is 268 g/mol. The smallest absolute Gasteiger partial charge is 0.328 e. The predicted molar refractivity (Wildman–Crippen MR) is 63.2 cm³/mol. The summed E-state index contributed by atoms with van der Waals surface area (Å²) in [5.41, 5.74) is 0.420. The van der Waals surface area contributed by atoms with Crippen LogP contribution in [0.15, 0.2) is 18.2 Å². The molecule has 1 aromatic carbocycles. The first-order valence-electron chi connectivity index (χ1n) is 5.41. The zero-order valence-electron chi connectivity index (χ0n) is 9.75. The van der Waals surface area contributed by atoms with Crippen molar-refractivity contribution in [2.75, 3.05) is 18.7 Å². The second kappa shape index (κ2) is 5.44. The number of fused-ring (bicyclic) bond motifs is 1. The molecule has 1 atom stereocenters. The molecule has 2 rings (SSSR count). The number of hydrogen-bond donors (Lipinski definition) is 4. The fraction of sp³-hybridized carbons (Fsp3) is 0.273. The summed E-state index contributed by atoms with van der Waals surface area (Å²) in [7, 11) is 0. The molecule has 2 amide bonds. The molecule has 1 heterocycles. The Hall–Kier alpha value is -2.48. The Morgan fingerprint density at radius 1 is 1.32 bits per heavy atom. The highest BCUT2D eigenvalue weighted by Crippen LogP contribution is 2.34. The van der Waals surface area contributed by atoms with E-state index in [1.165, 1.54) is 0 Å². The molecule has 0 fully saturated rings. The number of benzene rings is 1. The number of carboxylic acids is 1. The molecule has 0 bridgehead atoms. The molecule has 1 aliphatic heterocycles. The van der Waals surface area contributed by atoms with Crippen molar-refractivity contribution in [1.29, 1.82) is 0 Å². The zero-order valence-corrected chi connectivity index (χ0v) is 9.75. The fourth-order valence-electron chi connectivity index (χ4n) is 1.49. The van der Waals surface area contributed by atoms with Crippen LogP contribution in [-0.4, -0.2) is 41.7 Å². The van der Waals surface area contributed by atoms with E-state index in [-0.39, 0.29) is 6.79 Å². The van der Waals surface area contributed by atoms with Crippen molar-refractivity contribution in [2.24, 2.45) is 0 Å². The minimum Gasteiger partial charge on any atom is -0.480 e. The van der Waals surface area contributed by atoms with Crippen molar-refractivity contribution in [3.8, 4) is 11.5 Å². The fourth-order valence-corrected chi connectivity index (χ4v) is 1.49. The van der Waals surface area contributed by atoms with Gasteiger partial charge in [-0.05, 0) is 12.1 Å². The largest absolute Gasteiger partial charge is 0.480 e. The van der Waals surface area contributed by atoms with E-state index in [9.17, 15) is 9.59 Å². The van der Waals surface area contributed by atoms with Gasteiger partial charge in [-0.2, -0.15) is 0 Å². The summed E-state index contributed by atoms with van der Waals surface area (Å²) in [6.45, 7) is -0.569. The number of carbonyl (C=O) groups excluding carboxylic acids is 1. The lowest BCUT2D eigenvalue weighted by Crippen LogP contribution is -2.45. The van der Waals surface area contributed by atoms with Gasteiger partial charge in [0.25, 0.3) is 0 Å². The second-order valence-electron chi connectivity index (χ2n) is 3.74. The van der Waals surface area contributed by atoms with Crippen molar-refractivity contribution in [1.82, 2.24) is 5.32 Å². The summed E-state index contributed by atoms with van der Waals surface area (Å²) < 4.78 is 10.2. The van der Waals surface area contributed by atoms with Crippen molar-refractivity contribution < 1.29 is 29.3 Å². The number of anilines is 1. The van der Waals surface area contributed by atoms with Crippen LogP contribution in [0.3, 0.4) is 0 Å². The van der Waals surface area contributed by atoms with Crippen molar-refractivity contribution in [3.63, 3.8) is 0 Å². The quantitative estimate of drug-likeness (QED) is 0.609. The minimum atomic E-state index is -1.35. The lowest BCUT2D eigenvalue weighted by atomic mass is 10.3. The van der Waals surface area contributed by atoms with Gasteiger partial charge < -0.3 is 30.3 Å². The Morgan fingerprint density at radius 3 is 2.74 bits per heavy atom. The van der Waals surface area contributed by atoms with E-state index >= 15 is 0 Å². The zero-order chi connectivity index (χ0) is 13.8. The number of rotatable bonds is 4. The van der Waals surface area contributed by atoms with Crippen LogP contribution in [0, 0.1) is 0 Å². The second-order valence-corrected chi connectivity index (χ2v) is 3.74. The third-order valence-electron chi connectivity index (χ3n) is 2.42. The normalized spacial score (nSPS) is 13.7. The van der Waals surface area contributed by atoms with Gasteiger partial charge in [0.05, 0.1) is 6.61 Å². The third kappa shape index (κ3) is 3.05. The van der Waals surface area contributed by atoms with Gasteiger partial charge in [-0.25, -0.2) is 9.59 Å². The van der Waals surface area contributed by atoms with Gasteiger partial charge in [-0.3, -0.25) is 0 Å². The number of carbonyl (C=O) groups is 2. The van der Waals surface area contributed by atoms with E-state index in [0.717, 1.165) is 0 Å². The van der Waals surface area contributed by atoms with E-state index < -0.39 is 24.6 Å². The molecule has 1 aliphatic rings. The van der Waals surface area contributed by atoms with Gasteiger partial charge in [0.15, 0.2) is 17.5 Å². The first kappa shape index (κ1) is 13.0.